The minimum absolute atomic E-state index is 0.0658. The summed E-state index contributed by atoms with van der Waals surface area (Å²) >= 11 is 0. The third-order valence-corrected chi connectivity index (χ3v) is 9.27. The molecule has 0 aliphatic carbocycles. The van der Waals surface area contributed by atoms with Crippen LogP contribution in [0.3, 0.4) is 0 Å². The quantitative estimate of drug-likeness (QED) is 0.195. The molecule has 0 saturated heterocycles. The van der Waals surface area contributed by atoms with Crippen molar-refractivity contribution in [2.24, 2.45) is 0 Å². The summed E-state index contributed by atoms with van der Waals surface area (Å²) in [6.07, 6.45) is 6.38. The fraction of sp³-hybridized carbons (Fsp3) is 0.444. The number of aromatic amines is 2. The molecular weight excluding hydrogens is 534 g/mol. The van der Waals surface area contributed by atoms with Gasteiger partial charge in [0.05, 0.1) is 22.0 Å². The van der Waals surface area contributed by atoms with Gasteiger partial charge in [-0.1, -0.05) is 55.4 Å². The van der Waals surface area contributed by atoms with E-state index in [0.717, 1.165) is 94.4 Å². The van der Waals surface area contributed by atoms with E-state index in [1.807, 2.05) is 0 Å². The molecule has 0 amide bonds. The van der Waals surface area contributed by atoms with Crippen LogP contribution in [0, 0.1) is 10.1 Å². The highest BCUT2D eigenvalue weighted by molar-refractivity contribution is 5.98. The minimum Gasteiger partial charge on any atom is -0.355 e. The average Bonchev–Trinajstić information content (AvgIpc) is 3.72. The standard InChI is InChI=1S/C36H45N5O2/c1-9-20-22(11-3)30-18-32-24(13-5)26(15-7)34(39-32)36(41(42)43)35-27(16-8)25(14-6)33(40-35)19-31-23(12-4)21(10-2)29(38-31)17-28(20)37-30/h17-19,37,40H,9-16H2,1-8H3. The minimum atomic E-state index is -0.234. The van der Waals surface area contributed by atoms with Gasteiger partial charge >= 0.3 is 5.69 Å². The maximum Gasteiger partial charge on any atom is 0.318 e. The summed E-state index contributed by atoms with van der Waals surface area (Å²) in [5.74, 6) is 0. The van der Waals surface area contributed by atoms with E-state index in [0.29, 0.717) is 24.1 Å². The molecule has 3 aromatic heterocycles. The fourth-order valence-corrected chi connectivity index (χ4v) is 7.35. The maximum atomic E-state index is 13.0. The summed E-state index contributed by atoms with van der Waals surface area (Å²) < 4.78 is 0. The summed E-state index contributed by atoms with van der Waals surface area (Å²) in [4.78, 5) is 30.3. The van der Waals surface area contributed by atoms with Gasteiger partial charge in [0, 0.05) is 16.6 Å². The van der Waals surface area contributed by atoms with Crippen LogP contribution >= 0.6 is 0 Å². The molecule has 226 valence electrons. The molecule has 0 saturated carbocycles. The number of rotatable bonds is 9. The first-order chi connectivity index (χ1) is 20.8. The van der Waals surface area contributed by atoms with E-state index in [1.54, 1.807) is 0 Å². The largest absolute Gasteiger partial charge is 0.355 e. The Morgan fingerprint density at radius 2 is 0.953 bits per heavy atom. The van der Waals surface area contributed by atoms with E-state index in [2.05, 4.69) is 83.6 Å². The lowest BCUT2D eigenvalue weighted by atomic mass is 9.98. The van der Waals surface area contributed by atoms with Crippen molar-refractivity contribution in [2.45, 2.75) is 107 Å². The number of aryl methyl sites for hydroxylation is 4. The molecule has 2 aliphatic heterocycles. The first-order valence-electron chi connectivity index (χ1n) is 16.2. The van der Waals surface area contributed by atoms with Gasteiger partial charge in [0.15, 0.2) is 0 Å². The van der Waals surface area contributed by atoms with Crippen LogP contribution in [0.25, 0.3) is 44.4 Å². The summed E-state index contributed by atoms with van der Waals surface area (Å²) in [6.45, 7) is 17.1. The zero-order valence-corrected chi connectivity index (χ0v) is 27.0. The van der Waals surface area contributed by atoms with Crippen LogP contribution in [0.5, 0.6) is 0 Å². The zero-order valence-electron chi connectivity index (χ0n) is 27.0. The van der Waals surface area contributed by atoms with E-state index in [1.165, 1.54) is 22.3 Å². The Bertz CT molecular complexity index is 1830. The second-order valence-electron chi connectivity index (χ2n) is 11.3. The molecule has 3 aromatic rings. The van der Waals surface area contributed by atoms with Crippen LogP contribution in [0.2, 0.25) is 0 Å². The molecule has 5 heterocycles. The van der Waals surface area contributed by atoms with Crippen molar-refractivity contribution in [1.29, 1.82) is 0 Å². The molecule has 7 nitrogen and oxygen atoms in total. The molecule has 0 aromatic carbocycles. The summed E-state index contributed by atoms with van der Waals surface area (Å²) in [6, 6.07) is 6.47. The highest BCUT2D eigenvalue weighted by Gasteiger charge is 2.30. The van der Waals surface area contributed by atoms with Gasteiger partial charge in [0.1, 0.15) is 11.2 Å². The van der Waals surface area contributed by atoms with Crippen LogP contribution in [0.15, 0.2) is 18.2 Å². The number of nitrogens with one attached hydrogen (secondary N) is 2. The molecular formula is C36H45N5O2. The maximum absolute atomic E-state index is 13.0. The van der Waals surface area contributed by atoms with Crippen LogP contribution in [-0.2, 0) is 25.7 Å². The van der Waals surface area contributed by atoms with Crippen molar-refractivity contribution in [3.8, 4) is 0 Å². The fourth-order valence-electron chi connectivity index (χ4n) is 7.35. The number of hydrogen-bond donors (Lipinski definition) is 2. The molecule has 0 unspecified atom stereocenters. The first-order valence-corrected chi connectivity index (χ1v) is 16.2. The lowest BCUT2D eigenvalue weighted by molar-refractivity contribution is -0.383. The molecule has 2 N–H and O–H groups in total. The van der Waals surface area contributed by atoms with Crippen molar-refractivity contribution in [3.63, 3.8) is 0 Å². The number of nitrogens with zero attached hydrogens (tertiary/aromatic N) is 3. The van der Waals surface area contributed by atoms with Gasteiger partial charge in [-0.15, -0.1) is 0 Å². The van der Waals surface area contributed by atoms with Crippen molar-refractivity contribution < 1.29 is 4.92 Å². The van der Waals surface area contributed by atoms with Crippen molar-refractivity contribution in [3.05, 3.63) is 73.3 Å². The summed E-state index contributed by atoms with van der Waals surface area (Å²) in [5, 5.41) is 13.0. The van der Waals surface area contributed by atoms with Gasteiger partial charge in [-0.25, -0.2) is 9.97 Å². The van der Waals surface area contributed by atoms with Crippen LogP contribution < -0.4 is 0 Å². The molecule has 8 bridgehead atoms. The van der Waals surface area contributed by atoms with Gasteiger partial charge in [-0.05, 0) is 114 Å². The molecule has 2 aliphatic rings. The molecule has 0 atom stereocenters. The smallest absolute Gasteiger partial charge is 0.318 e. The molecule has 0 fully saturated rings. The van der Waals surface area contributed by atoms with Crippen molar-refractivity contribution in [1.82, 2.24) is 19.9 Å². The Hall–Kier alpha value is -4.00. The van der Waals surface area contributed by atoms with E-state index >= 15 is 0 Å². The van der Waals surface area contributed by atoms with E-state index < -0.39 is 0 Å². The number of allylic oxidation sites excluding steroid dienone is 4. The highest BCUT2D eigenvalue weighted by atomic mass is 16.6. The third-order valence-electron chi connectivity index (χ3n) is 9.27. The topological polar surface area (TPSA) is 100 Å². The number of hydrogen-bond acceptors (Lipinski definition) is 4. The summed E-state index contributed by atoms with van der Waals surface area (Å²) in [5.41, 5.74) is 16.1. The number of H-pyrrole nitrogens is 2. The molecule has 0 spiro atoms. The van der Waals surface area contributed by atoms with Gasteiger partial charge in [-0.2, -0.15) is 0 Å². The third kappa shape index (κ3) is 4.92. The normalized spacial score (nSPS) is 13.4. The van der Waals surface area contributed by atoms with Crippen molar-refractivity contribution >= 4 is 50.0 Å². The second-order valence-corrected chi connectivity index (χ2v) is 11.3. The van der Waals surface area contributed by atoms with Gasteiger partial charge < -0.3 is 9.97 Å². The predicted molar refractivity (Wildman–Crippen MR) is 180 cm³/mol. The lowest BCUT2D eigenvalue weighted by Crippen LogP contribution is -1.97. The molecule has 5 rings (SSSR count). The van der Waals surface area contributed by atoms with Crippen LogP contribution in [0.1, 0.15) is 126 Å². The van der Waals surface area contributed by atoms with Gasteiger partial charge in [0.2, 0.25) is 0 Å². The lowest BCUT2D eigenvalue weighted by Gasteiger charge is -2.04. The first kappa shape index (κ1) is 30.5. The Balaban J connectivity index is 2.12. The highest BCUT2D eigenvalue weighted by Crippen LogP contribution is 2.42. The summed E-state index contributed by atoms with van der Waals surface area (Å²) in [7, 11) is 0. The average molecular weight is 580 g/mol. The number of aromatic nitrogens is 4. The van der Waals surface area contributed by atoms with Crippen LogP contribution in [-0.4, -0.2) is 24.9 Å². The monoisotopic (exact) mass is 579 g/mol. The van der Waals surface area contributed by atoms with Gasteiger partial charge in [-0.3, -0.25) is 10.1 Å². The van der Waals surface area contributed by atoms with E-state index in [4.69, 9.17) is 9.97 Å². The Labute approximate surface area is 254 Å². The van der Waals surface area contributed by atoms with E-state index in [-0.39, 0.29) is 10.6 Å². The molecule has 7 heteroatoms. The number of fused-ring (bicyclic) bond motifs is 8. The Morgan fingerprint density at radius 3 is 1.37 bits per heavy atom. The van der Waals surface area contributed by atoms with Crippen LogP contribution in [0.4, 0.5) is 5.69 Å². The van der Waals surface area contributed by atoms with Gasteiger partial charge in [0.25, 0.3) is 0 Å². The zero-order chi connectivity index (χ0) is 31.0. The Kier molecular flexibility index (Phi) is 8.72. The Morgan fingerprint density at radius 1 is 0.558 bits per heavy atom. The second kappa shape index (κ2) is 12.3. The molecule has 0 radical (unpaired) electrons. The SMILES string of the molecule is CCC1=C(CC)c2cc3[nH]c(c(CC)c3CC)c([N+](=O)[O-])c3nc(cc4[nH]c(cc1n2)c(CC)c4CC)C(CC)=C3CC. The van der Waals surface area contributed by atoms with E-state index in [9.17, 15) is 10.1 Å². The molecule has 43 heavy (non-hydrogen) atoms. The van der Waals surface area contributed by atoms with Crippen molar-refractivity contribution in [2.75, 3.05) is 0 Å². The predicted octanol–water partition coefficient (Wildman–Crippen LogP) is 9.93. The number of nitro groups is 1.